The number of halogens is 2. The molecule has 0 aliphatic rings. The van der Waals surface area contributed by atoms with Crippen LogP contribution in [-0.2, 0) is 0 Å². The van der Waals surface area contributed by atoms with E-state index in [1.165, 1.54) is 4.90 Å². The number of alkyl halides is 2. The molecule has 0 bridgehead atoms. The molecule has 0 aromatic carbocycles. The summed E-state index contributed by atoms with van der Waals surface area (Å²) in [6, 6.07) is 0. The van der Waals surface area contributed by atoms with Crippen molar-refractivity contribution in [2.75, 3.05) is 49.0 Å². The van der Waals surface area contributed by atoms with E-state index in [9.17, 15) is 8.78 Å². The van der Waals surface area contributed by atoms with Gasteiger partial charge in [-0.25, -0.2) is 14.6 Å². The quantitative estimate of drug-likeness (QED) is 0.443. The summed E-state index contributed by atoms with van der Waals surface area (Å²) in [4.78, 5) is 14.7. The van der Waals surface area contributed by atoms with Crippen LogP contribution in [0.2, 0.25) is 0 Å². The first kappa shape index (κ1) is 15.2. The molecule has 0 saturated carbocycles. The topological polar surface area (TPSA) is 103 Å². The summed E-state index contributed by atoms with van der Waals surface area (Å²) < 4.78 is 25.0. The molecule has 0 saturated heterocycles. The van der Waals surface area contributed by atoms with Crippen molar-refractivity contribution in [3.63, 3.8) is 0 Å². The van der Waals surface area contributed by atoms with E-state index in [4.69, 9.17) is 10.9 Å². The van der Waals surface area contributed by atoms with E-state index in [0.29, 0.717) is 0 Å². The summed E-state index contributed by atoms with van der Waals surface area (Å²) in [6.45, 7) is -0.881. The molecule has 0 amide bonds. The van der Waals surface area contributed by atoms with Gasteiger partial charge in [-0.15, -0.1) is 0 Å². The Kier molecular flexibility index (Phi) is 5.57. The van der Waals surface area contributed by atoms with E-state index < -0.39 is 13.0 Å². The molecule has 19 heavy (non-hydrogen) atoms. The van der Waals surface area contributed by atoms with Crippen molar-refractivity contribution in [3.8, 4) is 0 Å². The number of hydrogen-bond acceptors (Lipinski definition) is 8. The summed E-state index contributed by atoms with van der Waals surface area (Å²) in [5, 5.41) is 8.91. The third kappa shape index (κ3) is 4.41. The smallest absolute Gasteiger partial charge is 0.255 e. The molecular formula is C9H17F2N7O. The lowest BCUT2D eigenvalue weighted by Gasteiger charge is -2.22. The fraction of sp³-hybridized carbons (Fsp3) is 0.667. The van der Waals surface area contributed by atoms with Crippen LogP contribution in [0.4, 0.5) is 26.6 Å². The Morgan fingerprint density at radius 1 is 1.26 bits per heavy atom. The van der Waals surface area contributed by atoms with Gasteiger partial charge in [0.2, 0.25) is 17.8 Å². The maximum atomic E-state index is 12.5. The molecule has 0 spiro atoms. The minimum atomic E-state index is -2.57. The summed E-state index contributed by atoms with van der Waals surface area (Å²) in [5.41, 5.74) is 2.25. The second kappa shape index (κ2) is 6.95. The van der Waals surface area contributed by atoms with Crippen LogP contribution in [-0.4, -0.2) is 60.3 Å². The minimum absolute atomic E-state index is 0.00870. The number of nitrogens with zero attached hydrogens (tertiary/aromatic N) is 5. The second-order valence-corrected chi connectivity index (χ2v) is 3.86. The van der Waals surface area contributed by atoms with Gasteiger partial charge in [-0.05, 0) is 0 Å². The summed E-state index contributed by atoms with van der Waals surface area (Å²) >= 11 is 0. The predicted octanol–water partition coefficient (Wildman–Crippen LogP) is -0.713. The van der Waals surface area contributed by atoms with E-state index in [-0.39, 0.29) is 31.0 Å². The first-order chi connectivity index (χ1) is 8.97. The lowest BCUT2D eigenvalue weighted by molar-refractivity contribution is 0.152. The molecule has 0 atom stereocenters. The van der Waals surface area contributed by atoms with Crippen molar-refractivity contribution in [1.82, 2.24) is 15.0 Å². The molecule has 0 fully saturated rings. The summed E-state index contributed by atoms with van der Waals surface area (Å²) in [6.07, 6.45) is -2.57. The van der Waals surface area contributed by atoms with Crippen LogP contribution >= 0.6 is 0 Å². The number of nitrogen functional groups attached to an aromatic ring is 1. The standard InChI is InChI=1S/C9H17F2N7O/c1-17(2)8-13-7(16-12)14-9(15-8)18(3-4-19)5-6(10)11/h6,19H,3-5,12H2,1-2H3,(H,13,14,15,16). The fourth-order valence-electron chi connectivity index (χ4n) is 1.32. The van der Waals surface area contributed by atoms with Crippen molar-refractivity contribution >= 4 is 17.8 Å². The zero-order valence-corrected chi connectivity index (χ0v) is 10.7. The fourth-order valence-corrected chi connectivity index (χ4v) is 1.32. The van der Waals surface area contributed by atoms with E-state index in [1.807, 2.05) is 0 Å². The van der Waals surface area contributed by atoms with E-state index in [2.05, 4.69) is 20.4 Å². The molecule has 0 aliphatic carbocycles. The SMILES string of the molecule is CN(C)c1nc(NN)nc(N(CCO)CC(F)F)n1. The number of aliphatic hydroxyl groups excluding tert-OH is 1. The highest BCUT2D eigenvalue weighted by atomic mass is 19.3. The van der Waals surface area contributed by atoms with Gasteiger partial charge >= 0.3 is 0 Å². The van der Waals surface area contributed by atoms with Crippen LogP contribution in [0.1, 0.15) is 0 Å². The van der Waals surface area contributed by atoms with Crippen LogP contribution in [0, 0.1) is 0 Å². The highest BCUT2D eigenvalue weighted by Gasteiger charge is 2.17. The third-order valence-electron chi connectivity index (χ3n) is 2.15. The minimum Gasteiger partial charge on any atom is -0.395 e. The number of rotatable bonds is 7. The Morgan fingerprint density at radius 2 is 1.89 bits per heavy atom. The monoisotopic (exact) mass is 277 g/mol. The van der Waals surface area contributed by atoms with Gasteiger partial charge in [0, 0.05) is 20.6 Å². The highest BCUT2D eigenvalue weighted by Crippen LogP contribution is 2.15. The largest absolute Gasteiger partial charge is 0.395 e. The lowest BCUT2D eigenvalue weighted by Crippen LogP contribution is -2.34. The van der Waals surface area contributed by atoms with Crippen LogP contribution in [0.5, 0.6) is 0 Å². The van der Waals surface area contributed by atoms with Gasteiger partial charge in [0.1, 0.15) is 0 Å². The average molecular weight is 277 g/mol. The summed E-state index contributed by atoms with van der Waals surface area (Å²) in [7, 11) is 3.39. The van der Waals surface area contributed by atoms with Crippen LogP contribution in [0.3, 0.4) is 0 Å². The maximum absolute atomic E-state index is 12.5. The van der Waals surface area contributed by atoms with Crippen molar-refractivity contribution in [2.45, 2.75) is 6.43 Å². The number of aromatic nitrogens is 3. The number of hydrazine groups is 1. The van der Waals surface area contributed by atoms with Gasteiger partial charge in [0.15, 0.2) is 0 Å². The normalized spacial score (nSPS) is 10.7. The van der Waals surface area contributed by atoms with Gasteiger partial charge in [-0.2, -0.15) is 15.0 Å². The third-order valence-corrected chi connectivity index (χ3v) is 2.15. The zero-order chi connectivity index (χ0) is 14.4. The maximum Gasteiger partial charge on any atom is 0.255 e. The van der Waals surface area contributed by atoms with Crippen LogP contribution in [0.25, 0.3) is 0 Å². The predicted molar refractivity (Wildman–Crippen MR) is 67.3 cm³/mol. The van der Waals surface area contributed by atoms with Gasteiger partial charge in [0.05, 0.1) is 13.2 Å². The van der Waals surface area contributed by atoms with Gasteiger partial charge < -0.3 is 14.9 Å². The Bertz CT molecular complexity index is 404. The molecular weight excluding hydrogens is 260 g/mol. The van der Waals surface area contributed by atoms with Gasteiger partial charge in [-0.3, -0.25) is 5.43 Å². The number of nitrogens with two attached hydrogens (primary N) is 1. The molecule has 8 nitrogen and oxygen atoms in total. The van der Waals surface area contributed by atoms with Crippen molar-refractivity contribution in [2.24, 2.45) is 5.84 Å². The second-order valence-electron chi connectivity index (χ2n) is 3.86. The van der Waals surface area contributed by atoms with Crippen molar-refractivity contribution in [1.29, 1.82) is 0 Å². The Hall–Kier alpha value is -1.81. The Labute approximate surface area is 109 Å². The van der Waals surface area contributed by atoms with Crippen LogP contribution < -0.4 is 21.1 Å². The first-order valence-corrected chi connectivity index (χ1v) is 5.52. The molecule has 108 valence electrons. The van der Waals surface area contributed by atoms with Crippen LogP contribution in [0.15, 0.2) is 0 Å². The summed E-state index contributed by atoms with van der Waals surface area (Å²) in [5.74, 6) is 5.59. The van der Waals surface area contributed by atoms with E-state index in [1.54, 1.807) is 19.0 Å². The molecule has 10 heteroatoms. The Balaban J connectivity index is 3.09. The first-order valence-electron chi connectivity index (χ1n) is 5.52. The molecule has 4 N–H and O–H groups in total. The van der Waals surface area contributed by atoms with E-state index >= 15 is 0 Å². The van der Waals surface area contributed by atoms with Gasteiger partial charge in [-0.1, -0.05) is 0 Å². The lowest BCUT2D eigenvalue weighted by atomic mass is 10.5. The van der Waals surface area contributed by atoms with Gasteiger partial charge in [0.25, 0.3) is 6.43 Å². The van der Waals surface area contributed by atoms with E-state index in [0.717, 1.165) is 0 Å². The van der Waals surface area contributed by atoms with Crippen molar-refractivity contribution in [3.05, 3.63) is 0 Å². The molecule has 0 aliphatic heterocycles. The molecule has 0 unspecified atom stereocenters. The molecule has 0 radical (unpaired) electrons. The number of hydrogen-bond donors (Lipinski definition) is 3. The molecule has 1 aromatic heterocycles. The average Bonchev–Trinajstić information content (AvgIpc) is 2.37. The number of anilines is 3. The zero-order valence-electron chi connectivity index (χ0n) is 10.7. The molecule has 1 aromatic rings. The molecule has 1 rings (SSSR count). The number of aliphatic hydroxyl groups is 1. The Morgan fingerprint density at radius 3 is 2.37 bits per heavy atom. The number of nitrogens with one attached hydrogen (secondary N) is 1. The van der Waals surface area contributed by atoms with Crippen molar-refractivity contribution < 1.29 is 13.9 Å². The molecule has 1 heterocycles. The highest BCUT2D eigenvalue weighted by molar-refractivity contribution is 5.44.